The first kappa shape index (κ1) is 44.7. The van der Waals surface area contributed by atoms with Crippen LogP contribution >= 0.6 is 11.6 Å². The largest absolute Gasteiger partial charge is 0.462 e. The molecule has 6 rings (SSSR count). The molecule has 314 valence electrons. The zero-order valence-corrected chi connectivity index (χ0v) is 34.9. The molecule has 2 aromatic carbocycles. The average Bonchev–Trinajstić information content (AvgIpc) is 3.46. The number of esters is 2. The van der Waals surface area contributed by atoms with Crippen LogP contribution < -0.4 is 14.8 Å². The van der Waals surface area contributed by atoms with E-state index >= 15 is 0 Å². The van der Waals surface area contributed by atoms with Crippen LogP contribution in [0.3, 0.4) is 0 Å². The topological polar surface area (TPSA) is 201 Å². The molecule has 2 aromatic rings. The van der Waals surface area contributed by atoms with Crippen molar-refractivity contribution in [3.05, 3.63) is 105 Å². The Bertz CT molecular complexity index is 2190. The van der Waals surface area contributed by atoms with E-state index in [0.29, 0.717) is 5.02 Å². The molecule has 0 aromatic heterocycles. The zero-order chi connectivity index (χ0) is 43.7. The summed E-state index contributed by atoms with van der Waals surface area (Å²) in [6.07, 6.45) is 4.10. The third-order valence-corrected chi connectivity index (χ3v) is 11.3. The first-order valence-corrected chi connectivity index (χ1v) is 19.4. The highest BCUT2D eigenvalue weighted by Gasteiger charge is 2.52. The predicted molar refractivity (Wildman–Crippen MR) is 214 cm³/mol. The second-order valence-electron chi connectivity index (χ2n) is 15.3. The second-order valence-corrected chi connectivity index (χ2v) is 15.7. The van der Waals surface area contributed by atoms with E-state index in [2.05, 4.69) is 5.32 Å². The number of nitrogens with one attached hydrogen (secondary N) is 1. The van der Waals surface area contributed by atoms with Crippen molar-refractivity contribution in [3.63, 3.8) is 0 Å². The number of hydrogen-bond donors (Lipinski definition) is 3. The molecule has 0 saturated heterocycles. The van der Waals surface area contributed by atoms with Crippen LogP contribution in [0.5, 0.6) is 11.5 Å². The van der Waals surface area contributed by atoms with Gasteiger partial charge >= 0.3 is 17.7 Å². The molecule has 3 aliphatic heterocycles. The molecule has 59 heavy (non-hydrogen) atoms. The summed E-state index contributed by atoms with van der Waals surface area (Å²) in [6.45, 7) is 12.3. The third-order valence-electron chi connectivity index (χ3n) is 11.1. The van der Waals surface area contributed by atoms with Gasteiger partial charge in [-0.3, -0.25) is 24.0 Å². The lowest BCUT2D eigenvalue weighted by Gasteiger charge is -2.38. The van der Waals surface area contributed by atoms with E-state index in [9.17, 15) is 39.0 Å². The van der Waals surface area contributed by atoms with Gasteiger partial charge in [-0.1, -0.05) is 57.5 Å². The molecule has 1 aliphatic carbocycles. The molecule has 3 N–H and O–H groups in total. The van der Waals surface area contributed by atoms with Gasteiger partial charge in [0.05, 0.1) is 52.5 Å². The Labute approximate surface area is 346 Å². The molecular formula is C44H48ClNO13. The minimum atomic E-state index is -2.12. The molecule has 15 heteroatoms. The number of Topliss-reactive ketones (excluding diaryl/α,β-unsaturated/α-hetero) is 2. The third kappa shape index (κ3) is 8.96. The summed E-state index contributed by atoms with van der Waals surface area (Å²) in [5.74, 6) is -10.2. The van der Waals surface area contributed by atoms with E-state index in [-0.39, 0.29) is 33.8 Å². The van der Waals surface area contributed by atoms with E-state index in [1.54, 1.807) is 33.8 Å². The number of benzene rings is 2. The first-order chi connectivity index (χ1) is 27.7. The van der Waals surface area contributed by atoms with Gasteiger partial charge in [-0.2, -0.15) is 0 Å². The van der Waals surface area contributed by atoms with Crippen molar-refractivity contribution in [2.24, 2.45) is 23.7 Å². The van der Waals surface area contributed by atoms with Crippen LogP contribution in [0.25, 0.3) is 0 Å². The Morgan fingerprint density at radius 1 is 0.898 bits per heavy atom. The number of ether oxygens (including phenoxy) is 5. The fraction of sp³-hybridized carbons (Fsp3) is 0.409. The van der Waals surface area contributed by atoms with Crippen molar-refractivity contribution in [2.75, 3.05) is 7.11 Å². The van der Waals surface area contributed by atoms with Crippen molar-refractivity contribution in [1.29, 1.82) is 0 Å². The lowest BCUT2D eigenvalue weighted by Crippen LogP contribution is -2.46. The Hall–Kier alpha value is -5.41. The van der Waals surface area contributed by atoms with E-state index in [0.717, 1.165) is 12.3 Å². The molecule has 1 amide bonds. The highest BCUT2D eigenvalue weighted by atomic mass is 35.5. The Kier molecular flexibility index (Phi) is 13.5. The molecule has 3 heterocycles. The number of allylic oxidation sites excluding steroid dienone is 4. The quantitative estimate of drug-likeness (QED) is 0.247. The number of fused-ring (bicyclic) bond motifs is 14. The molecule has 9 unspecified atom stereocenters. The number of carbonyl (C=O) groups is 6. The molecule has 0 radical (unpaired) electrons. The van der Waals surface area contributed by atoms with E-state index in [4.69, 9.17) is 35.3 Å². The van der Waals surface area contributed by atoms with Crippen LogP contribution in [0.1, 0.15) is 95.5 Å². The van der Waals surface area contributed by atoms with E-state index < -0.39 is 106 Å². The van der Waals surface area contributed by atoms with Crippen molar-refractivity contribution in [1.82, 2.24) is 5.32 Å². The fourth-order valence-electron chi connectivity index (χ4n) is 7.47. The fourth-order valence-corrected chi connectivity index (χ4v) is 7.60. The van der Waals surface area contributed by atoms with Gasteiger partial charge in [-0.25, -0.2) is 4.79 Å². The van der Waals surface area contributed by atoms with Gasteiger partial charge in [-0.05, 0) is 44.2 Å². The monoisotopic (exact) mass is 833 g/mol. The Morgan fingerprint density at radius 2 is 1.56 bits per heavy atom. The van der Waals surface area contributed by atoms with Crippen LogP contribution in [0, 0.1) is 30.6 Å². The van der Waals surface area contributed by atoms with Crippen molar-refractivity contribution in [3.8, 4) is 11.5 Å². The van der Waals surface area contributed by atoms with Gasteiger partial charge in [0.15, 0.2) is 5.78 Å². The maximum absolute atomic E-state index is 14.3. The number of rotatable bonds is 4. The van der Waals surface area contributed by atoms with Gasteiger partial charge in [0.25, 0.3) is 11.7 Å². The number of aliphatic hydroxyl groups excluding tert-OH is 2. The highest BCUT2D eigenvalue weighted by molar-refractivity contribution is 6.31. The van der Waals surface area contributed by atoms with Crippen molar-refractivity contribution >= 4 is 46.8 Å². The van der Waals surface area contributed by atoms with Gasteiger partial charge in [-0.15, -0.1) is 0 Å². The number of amides is 1. The average molecular weight is 834 g/mol. The molecule has 14 nitrogen and oxygen atoms in total. The zero-order valence-electron chi connectivity index (χ0n) is 34.2. The van der Waals surface area contributed by atoms with Gasteiger partial charge < -0.3 is 39.2 Å². The minimum Gasteiger partial charge on any atom is -0.462 e. The maximum Gasteiger partial charge on any atom is 0.343 e. The molecule has 9 atom stereocenters. The van der Waals surface area contributed by atoms with Crippen LogP contribution in [0.4, 0.5) is 0 Å². The first-order valence-electron chi connectivity index (χ1n) is 19.0. The Balaban J connectivity index is 1.65. The summed E-state index contributed by atoms with van der Waals surface area (Å²) in [6, 6.07) is 5.72. The van der Waals surface area contributed by atoms with Crippen LogP contribution in [0.15, 0.2) is 72.2 Å². The summed E-state index contributed by atoms with van der Waals surface area (Å²) in [5, 5.41) is 25.6. The summed E-state index contributed by atoms with van der Waals surface area (Å²) in [7, 11) is 1.41. The molecule has 0 saturated carbocycles. The number of halogens is 1. The minimum absolute atomic E-state index is 0.0110. The van der Waals surface area contributed by atoms with Crippen LogP contribution in [-0.4, -0.2) is 82.7 Å². The number of methoxy groups -OCH3 is 1. The van der Waals surface area contributed by atoms with Crippen molar-refractivity contribution in [2.45, 2.75) is 85.6 Å². The predicted octanol–water partition coefficient (Wildman–Crippen LogP) is 5.80. The molecule has 5 bridgehead atoms. The number of ketones is 3. The normalized spacial score (nSPS) is 28.9. The highest BCUT2D eigenvalue weighted by Crippen LogP contribution is 2.48. The maximum atomic E-state index is 14.3. The molecule has 4 aliphatic rings. The van der Waals surface area contributed by atoms with Crippen molar-refractivity contribution < 1.29 is 62.7 Å². The van der Waals surface area contributed by atoms with Gasteiger partial charge in [0, 0.05) is 66.9 Å². The van der Waals surface area contributed by atoms with Gasteiger partial charge in [0.2, 0.25) is 5.78 Å². The number of aliphatic hydroxyl groups is 2. The standard InChI is InChI=1S/C44H48ClNO13/c1-20-11-10-12-21(2)42(53)46-29-19-30(48)32-33(37(29)51)39(58-43(54)27-13-15-28(45)16-14-27)25(6)40-34(32)41(52)44(8,59-40)56-18-17-31(55-9)22(3)38(57-26(7)47)24(5)36(50)23(4)35(20)49/h10-20,22-24,31,35-36,38,49-50H,1-9H3,(H,46,53). The smallest absolute Gasteiger partial charge is 0.343 e. The van der Waals surface area contributed by atoms with Crippen LogP contribution in [0.2, 0.25) is 5.02 Å². The lowest BCUT2D eigenvalue weighted by molar-refractivity contribution is -0.160. The lowest BCUT2D eigenvalue weighted by atomic mass is 9.78. The Morgan fingerprint density at radius 3 is 2.19 bits per heavy atom. The summed E-state index contributed by atoms with van der Waals surface area (Å²) < 4.78 is 29.3. The summed E-state index contributed by atoms with van der Waals surface area (Å²) in [5.41, 5.74) is -1.42. The second kappa shape index (κ2) is 17.8. The van der Waals surface area contributed by atoms with Gasteiger partial charge in [0.1, 0.15) is 17.6 Å². The SMILES string of the molecule is COC1C=COC2(C)Oc3c(C)c(OC(=O)c4ccc(Cl)cc4)c4c(c3C2=O)C(=O)C=C(NC(=O)C(C)=CC=CC(C)C(O)C(C)C(O)C(C)C(OC(C)=O)C1C)C4=O. The van der Waals surface area contributed by atoms with E-state index in [1.807, 2.05) is 0 Å². The molecule has 0 spiro atoms. The molecule has 0 fully saturated rings. The summed E-state index contributed by atoms with van der Waals surface area (Å²) in [4.78, 5) is 81.9. The summed E-state index contributed by atoms with van der Waals surface area (Å²) >= 11 is 6.01. The number of hydrogen-bond acceptors (Lipinski definition) is 13. The number of carbonyl (C=O) groups excluding carboxylic acids is 6. The molecular weight excluding hydrogens is 786 g/mol. The van der Waals surface area contributed by atoms with Crippen LogP contribution in [-0.2, 0) is 23.8 Å². The van der Waals surface area contributed by atoms with E-state index in [1.165, 1.54) is 77.3 Å².